The van der Waals surface area contributed by atoms with E-state index in [1.165, 1.54) is 6.42 Å². The highest BCUT2D eigenvalue weighted by molar-refractivity contribution is 5.75. The van der Waals surface area contributed by atoms with E-state index in [0.717, 1.165) is 25.9 Å². The smallest absolute Gasteiger partial charge is 0.220 e. The lowest BCUT2D eigenvalue weighted by Gasteiger charge is -2.22. The van der Waals surface area contributed by atoms with Crippen molar-refractivity contribution in [1.82, 2.24) is 10.6 Å². The average Bonchev–Trinajstić information content (AvgIpc) is 2.37. The summed E-state index contributed by atoms with van der Waals surface area (Å²) in [7, 11) is 0. The van der Waals surface area contributed by atoms with Crippen molar-refractivity contribution in [1.29, 1.82) is 0 Å². The van der Waals surface area contributed by atoms with Crippen LogP contribution in [-0.4, -0.2) is 49.5 Å². The third kappa shape index (κ3) is 7.63. The number of hydrogen-bond donors (Lipinski definition) is 3. The molecule has 2 unspecified atom stereocenters. The van der Waals surface area contributed by atoms with Gasteiger partial charge in [-0.3, -0.25) is 4.79 Å². The SMILES string of the molecule is CC(O)CNCCNC(=O)CCC1CCCCO1. The van der Waals surface area contributed by atoms with E-state index in [-0.39, 0.29) is 18.1 Å². The van der Waals surface area contributed by atoms with Gasteiger partial charge in [-0.1, -0.05) is 0 Å². The number of carbonyl (C=O) groups excluding carboxylic acids is 1. The van der Waals surface area contributed by atoms with Crippen LogP contribution in [0.3, 0.4) is 0 Å². The first-order chi connectivity index (χ1) is 8.68. The standard InChI is InChI=1S/C13H26N2O3/c1-11(16)10-14-7-8-15-13(17)6-5-12-4-2-3-9-18-12/h11-12,14,16H,2-10H2,1H3,(H,15,17). The first-order valence-corrected chi connectivity index (χ1v) is 6.95. The zero-order valence-corrected chi connectivity index (χ0v) is 11.3. The monoisotopic (exact) mass is 258 g/mol. The molecular weight excluding hydrogens is 232 g/mol. The summed E-state index contributed by atoms with van der Waals surface area (Å²) >= 11 is 0. The Kier molecular flexibility index (Phi) is 7.96. The topological polar surface area (TPSA) is 70.6 Å². The van der Waals surface area contributed by atoms with E-state index in [9.17, 15) is 4.79 Å². The normalized spacial score (nSPS) is 21.6. The molecule has 1 aliphatic heterocycles. The Hall–Kier alpha value is -0.650. The Morgan fingerprint density at radius 2 is 2.28 bits per heavy atom. The van der Waals surface area contributed by atoms with Crippen molar-refractivity contribution < 1.29 is 14.6 Å². The van der Waals surface area contributed by atoms with Gasteiger partial charge in [-0.05, 0) is 32.6 Å². The molecule has 3 N–H and O–H groups in total. The molecule has 18 heavy (non-hydrogen) atoms. The summed E-state index contributed by atoms with van der Waals surface area (Å²) < 4.78 is 5.58. The zero-order valence-electron chi connectivity index (χ0n) is 11.3. The number of amides is 1. The van der Waals surface area contributed by atoms with Crippen LogP contribution in [0.15, 0.2) is 0 Å². The maximum absolute atomic E-state index is 11.5. The van der Waals surface area contributed by atoms with E-state index in [1.807, 2.05) is 0 Å². The second-order valence-electron chi connectivity index (χ2n) is 4.93. The second-order valence-corrected chi connectivity index (χ2v) is 4.93. The minimum absolute atomic E-state index is 0.0861. The molecule has 0 aromatic rings. The Labute approximate surface area is 109 Å². The van der Waals surface area contributed by atoms with Crippen LogP contribution in [0.2, 0.25) is 0 Å². The van der Waals surface area contributed by atoms with E-state index >= 15 is 0 Å². The first kappa shape index (κ1) is 15.4. The van der Waals surface area contributed by atoms with Gasteiger partial charge in [-0.2, -0.15) is 0 Å². The molecule has 1 amide bonds. The Bertz CT molecular complexity index is 228. The molecule has 0 spiro atoms. The van der Waals surface area contributed by atoms with Crippen LogP contribution in [0.1, 0.15) is 39.0 Å². The summed E-state index contributed by atoms with van der Waals surface area (Å²) in [6.07, 6.45) is 4.76. The molecule has 0 radical (unpaired) electrons. The van der Waals surface area contributed by atoms with Crippen LogP contribution in [-0.2, 0) is 9.53 Å². The lowest BCUT2D eigenvalue weighted by atomic mass is 10.0. The van der Waals surface area contributed by atoms with Crippen LogP contribution >= 0.6 is 0 Å². The third-order valence-electron chi connectivity index (χ3n) is 3.03. The van der Waals surface area contributed by atoms with Gasteiger partial charge in [-0.15, -0.1) is 0 Å². The van der Waals surface area contributed by atoms with Crippen molar-refractivity contribution in [3.05, 3.63) is 0 Å². The lowest BCUT2D eigenvalue weighted by Crippen LogP contribution is -2.35. The number of ether oxygens (including phenoxy) is 1. The van der Waals surface area contributed by atoms with Gasteiger partial charge in [0.25, 0.3) is 0 Å². The molecule has 106 valence electrons. The number of aliphatic hydroxyl groups excluding tert-OH is 1. The predicted molar refractivity (Wildman–Crippen MR) is 70.4 cm³/mol. The highest BCUT2D eigenvalue weighted by Gasteiger charge is 2.14. The van der Waals surface area contributed by atoms with E-state index in [4.69, 9.17) is 9.84 Å². The van der Waals surface area contributed by atoms with Crippen LogP contribution in [0.25, 0.3) is 0 Å². The van der Waals surface area contributed by atoms with Crippen molar-refractivity contribution in [3.8, 4) is 0 Å². The molecular formula is C13H26N2O3. The molecule has 1 saturated heterocycles. The van der Waals surface area contributed by atoms with Gasteiger partial charge < -0.3 is 20.5 Å². The molecule has 5 nitrogen and oxygen atoms in total. The van der Waals surface area contributed by atoms with Gasteiger partial charge in [0.2, 0.25) is 5.91 Å². The van der Waals surface area contributed by atoms with Gasteiger partial charge in [-0.25, -0.2) is 0 Å². The number of carbonyl (C=O) groups is 1. The van der Waals surface area contributed by atoms with Crippen molar-refractivity contribution in [2.45, 2.75) is 51.2 Å². The second kappa shape index (κ2) is 9.30. The number of hydrogen-bond acceptors (Lipinski definition) is 4. The van der Waals surface area contributed by atoms with E-state index in [1.54, 1.807) is 6.92 Å². The van der Waals surface area contributed by atoms with Crippen LogP contribution < -0.4 is 10.6 Å². The Morgan fingerprint density at radius 3 is 2.94 bits per heavy atom. The van der Waals surface area contributed by atoms with Crippen LogP contribution in [0.4, 0.5) is 0 Å². The van der Waals surface area contributed by atoms with Crippen LogP contribution in [0, 0.1) is 0 Å². The van der Waals surface area contributed by atoms with E-state index < -0.39 is 0 Å². The fourth-order valence-electron chi connectivity index (χ4n) is 2.02. The molecule has 0 saturated carbocycles. The molecule has 1 heterocycles. The molecule has 5 heteroatoms. The summed E-state index contributed by atoms with van der Waals surface area (Å²) in [5.74, 6) is 0.0861. The Balaban J connectivity index is 1.93. The molecule has 1 aliphatic rings. The highest BCUT2D eigenvalue weighted by atomic mass is 16.5. The molecule has 0 aromatic carbocycles. The highest BCUT2D eigenvalue weighted by Crippen LogP contribution is 2.16. The average molecular weight is 258 g/mol. The van der Waals surface area contributed by atoms with Crippen molar-refractivity contribution in [3.63, 3.8) is 0 Å². The van der Waals surface area contributed by atoms with Gasteiger partial charge >= 0.3 is 0 Å². The summed E-state index contributed by atoms with van der Waals surface area (Å²) in [6.45, 7) is 4.44. The van der Waals surface area contributed by atoms with Crippen molar-refractivity contribution in [2.24, 2.45) is 0 Å². The summed E-state index contributed by atoms with van der Waals surface area (Å²) in [4.78, 5) is 11.5. The molecule has 0 aromatic heterocycles. The largest absolute Gasteiger partial charge is 0.392 e. The number of rotatable bonds is 8. The zero-order chi connectivity index (χ0) is 13.2. The third-order valence-corrected chi connectivity index (χ3v) is 3.03. The molecule has 1 rings (SSSR count). The van der Waals surface area contributed by atoms with Gasteiger partial charge in [0, 0.05) is 32.7 Å². The van der Waals surface area contributed by atoms with Crippen molar-refractivity contribution >= 4 is 5.91 Å². The minimum Gasteiger partial charge on any atom is -0.392 e. The summed E-state index contributed by atoms with van der Waals surface area (Å²) in [5.41, 5.74) is 0. The summed E-state index contributed by atoms with van der Waals surface area (Å²) in [6, 6.07) is 0. The first-order valence-electron chi connectivity index (χ1n) is 6.95. The Morgan fingerprint density at radius 1 is 1.44 bits per heavy atom. The maximum atomic E-state index is 11.5. The minimum atomic E-state index is -0.343. The molecule has 1 fully saturated rings. The quantitative estimate of drug-likeness (QED) is 0.552. The molecule has 0 aliphatic carbocycles. The van der Waals surface area contributed by atoms with Crippen molar-refractivity contribution in [2.75, 3.05) is 26.2 Å². The van der Waals surface area contributed by atoms with Gasteiger partial charge in [0.15, 0.2) is 0 Å². The van der Waals surface area contributed by atoms with E-state index in [0.29, 0.717) is 26.1 Å². The van der Waals surface area contributed by atoms with Gasteiger partial charge in [0.05, 0.1) is 12.2 Å². The fourth-order valence-corrected chi connectivity index (χ4v) is 2.02. The number of aliphatic hydroxyl groups is 1. The molecule has 2 atom stereocenters. The number of nitrogens with one attached hydrogen (secondary N) is 2. The lowest BCUT2D eigenvalue weighted by molar-refractivity contribution is -0.122. The fraction of sp³-hybridized carbons (Fsp3) is 0.923. The summed E-state index contributed by atoms with van der Waals surface area (Å²) in [5, 5.41) is 14.9. The maximum Gasteiger partial charge on any atom is 0.220 e. The van der Waals surface area contributed by atoms with Crippen LogP contribution in [0.5, 0.6) is 0 Å². The molecule has 0 bridgehead atoms. The van der Waals surface area contributed by atoms with E-state index in [2.05, 4.69) is 10.6 Å². The predicted octanol–water partition coefficient (Wildman–Crippen LogP) is 0.422. The van der Waals surface area contributed by atoms with Gasteiger partial charge in [0.1, 0.15) is 0 Å².